The van der Waals surface area contributed by atoms with E-state index in [1.807, 2.05) is 37.3 Å². The first-order valence-electron chi connectivity index (χ1n) is 7.21. The molecule has 1 aromatic heterocycles. The Hall–Kier alpha value is -2.30. The van der Waals surface area contributed by atoms with Crippen molar-refractivity contribution in [1.82, 2.24) is 15.1 Å². The van der Waals surface area contributed by atoms with Crippen LogP contribution in [0.1, 0.15) is 42.9 Å². The molecule has 2 aromatic rings. The van der Waals surface area contributed by atoms with Gasteiger partial charge in [0, 0.05) is 6.54 Å². The molecule has 0 saturated carbocycles. The van der Waals surface area contributed by atoms with Crippen LogP contribution >= 0.6 is 0 Å². The monoisotopic (exact) mass is 286 g/mol. The van der Waals surface area contributed by atoms with Crippen molar-refractivity contribution in [1.29, 1.82) is 0 Å². The molecule has 5 nitrogen and oxygen atoms in total. The Kier molecular flexibility index (Phi) is 4.62. The lowest BCUT2D eigenvalue weighted by molar-refractivity contribution is 0.0915. The van der Waals surface area contributed by atoms with Gasteiger partial charge in [-0.3, -0.25) is 9.48 Å². The Balaban J connectivity index is 2.25. The highest BCUT2D eigenvalue weighted by molar-refractivity contribution is 5.97. The maximum atomic E-state index is 12.5. The lowest BCUT2D eigenvalue weighted by Gasteiger charge is -2.23. The quantitative estimate of drug-likeness (QED) is 0.887. The zero-order valence-corrected chi connectivity index (χ0v) is 12.7. The van der Waals surface area contributed by atoms with Crippen molar-refractivity contribution in [2.24, 2.45) is 5.92 Å². The summed E-state index contributed by atoms with van der Waals surface area (Å²) in [5.74, 6) is 0.0879. The molecule has 0 aliphatic rings. The normalized spacial score (nSPS) is 12.4. The van der Waals surface area contributed by atoms with Crippen molar-refractivity contribution in [3.8, 4) is 0 Å². The fraction of sp³-hybridized carbons (Fsp3) is 0.375. The molecule has 3 N–H and O–H groups in total. The van der Waals surface area contributed by atoms with Crippen LogP contribution in [0.15, 0.2) is 36.5 Å². The standard InChI is InChI=1S/C16H22N4O/c1-4-20-15(13(17)10-18-20)16(21)19-14(11(2)3)12-8-6-5-7-9-12/h5-11,14H,4,17H2,1-3H3,(H,19,21). The Morgan fingerprint density at radius 3 is 2.57 bits per heavy atom. The highest BCUT2D eigenvalue weighted by Gasteiger charge is 2.22. The third-order valence-electron chi connectivity index (χ3n) is 3.49. The van der Waals surface area contributed by atoms with E-state index in [0.717, 1.165) is 5.56 Å². The lowest BCUT2D eigenvalue weighted by atomic mass is 9.96. The maximum absolute atomic E-state index is 12.5. The Bertz CT molecular complexity index is 604. The number of benzene rings is 1. The van der Waals surface area contributed by atoms with E-state index in [1.54, 1.807) is 4.68 Å². The zero-order valence-electron chi connectivity index (χ0n) is 12.7. The fourth-order valence-corrected chi connectivity index (χ4v) is 2.39. The van der Waals surface area contributed by atoms with E-state index in [1.165, 1.54) is 6.20 Å². The molecule has 0 fully saturated rings. The smallest absolute Gasteiger partial charge is 0.272 e. The molecule has 0 radical (unpaired) electrons. The first-order valence-corrected chi connectivity index (χ1v) is 7.21. The van der Waals surface area contributed by atoms with Gasteiger partial charge in [0.2, 0.25) is 0 Å². The number of aromatic nitrogens is 2. The third-order valence-corrected chi connectivity index (χ3v) is 3.49. The number of nitrogens with one attached hydrogen (secondary N) is 1. The van der Waals surface area contributed by atoms with Crippen LogP contribution in [0.3, 0.4) is 0 Å². The van der Waals surface area contributed by atoms with Gasteiger partial charge in [-0.25, -0.2) is 0 Å². The van der Waals surface area contributed by atoms with Crippen LogP contribution in [0.4, 0.5) is 5.69 Å². The number of nitrogens with zero attached hydrogens (tertiary/aromatic N) is 2. The summed E-state index contributed by atoms with van der Waals surface area (Å²) in [6.45, 7) is 6.70. The zero-order chi connectivity index (χ0) is 15.4. The SMILES string of the molecule is CCn1ncc(N)c1C(=O)NC(c1ccccc1)C(C)C. The van der Waals surface area contributed by atoms with E-state index in [-0.39, 0.29) is 17.9 Å². The van der Waals surface area contributed by atoms with Crippen molar-refractivity contribution in [2.75, 3.05) is 5.73 Å². The van der Waals surface area contributed by atoms with Gasteiger partial charge in [-0.05, 0) is 18.4 Å². The summed E-state index contributed by atoms with van der Waals surface area (Å²) < 4.78 is 1.62. The van der Waals surface area contributed by atoms with E-state index in [0.29, 0.717) is 17.9 Å². The molecule has 1 unspecified atom stereocenters. The van der Waals surface area contributed by atoms with Crippen LogP contribution in [-0.2, 0) is 6.54 Å². The van der Waals surface area contributed by atoms with Crippen LogP contribution in [0.5, 0.6) is 0 Å². The molecule has 5 heteroatoms. The van der Waals surface area contributed by atoms with E-state index in [4.69, 9.17) is 5.73 Å². The van der Waals surface area contributed by atoms with Crippen molar-refractivity contribution >= 4 is 11.6 Å². The van der Waals surface area contributed by atoms with E-state index in [2.05, 4.69) is 24.3 Å². The molecule has 2 rings (SSSR count). The van der Waals surface area contributed by atoms with E-state index < -0.39 is 0 Å². The van der Waals surface area contributed by atoms with Gasteiger partial charge in [0.15, 0.2) is 0 Å². The number of carbonyl (C=O) groups excluding carboxylic acids is 1. The molecule has 0 bridgehead atoms. The molecule has 0 saturated heterocycles. The van der Waals surface area contributed by atoms with E-state index >= 15 is 0 Å². The average Bonchev–Trinajstić information content (AvgIpc) is 2.86. The molecule has 1 atom stereocenters. The van der Waals surface area contributed by atoms with Crippen molar-refractivity contribution < 1.29 is 4.79 Å². The number of hydrogen-bond donors (Lipinski definition) is 2. The number of anilines is 1. The van der Waals surface area contributed by atoms with Crippen LogP contribution < -0.4 is 11.1 Å². The van der Waals surface area contributed by atoms with Crippen LogP contribution in [0, 0.1) is 5.92 Å². The van der Waals surface area contributed by atoms with Gasteiger partial charge >= 0.3 is 0 Å². The Labute approximate surface area is 125 Å². The second-order valence-electron chi connectivity index (χ2n) is 5.37. The van der Waals surface area contributed by atoms with Crippen LogP contribution in [0.25, 0.3) is 0 Å². The Morgan fingerprint density at radius 2 is 2.00 bits per heavy atom. The summed E-state index contributed by atoms with van der Waals surface area (Å²) in [6.07, 6.45) is 1.52. The molecule has 112 valence electrons. The van der Waals surface area contributed by atoms with Gasteiger partial charge in [-0.1, -0.05) is 44.2 Å². The number of aryl methyl sites for hydroxylation is 1. The van der Waals surface area contributed by atoms with Crippen molar-refractivity contribution in [3.63, 3.8) is 0 Å². The summed E-state index contributed by atoms with van der Waals surface area (Å²) >= 11 is 0. The second-order valence-corrected chi connectivity index (χ2v) is 5.37. The highest BCUT2D eigenvalue weighted by Crippen LogP contribution is 2.22. The lowest BCUT2D eigenvalue weighted by Crippen LogP contribution is -2.33. The molecule has 1 heterocycles. The first-order chi connectivity index (χ1) is 10.0. The minimum atomic E-state index is -0.186. The predicted molar refractivity (Wildman–Crippen MR) is 83.8 cm³/mol. The average molecular weight is 286 g/mol. The van der Waals surface area contributed by atoms with Gasteiger partial charge in [-0.2, -0.15) is 5.10 Å². The highest BCUT2D eigenvalue weighted by atomic mass is 16.2. The largest absolute Gasteiger partial charge is 0.396 e. The minimum Gasteiger partial charge on any atom is -0.396 e. The molecule has 1 amide bonds. The molecule has 0 aliphatic heterocycles. The number of carbonyl (C=O) groups is 1. The van der Waals surface area contributed by atoms with Gasteiger partial charge in [0.1, 0.15) is 5.69 Å². The van der Waals surface area contributed by atoms with Gasteiger partial charge in [0.05, 0.1) is 17.9 Å². The number of hydrogen-bond acceptors (Lipinski definition) is 3. The molecular formula is C16H22N4O. The van der Waals surface area contributed by atoms with Gasteiger partial charge in [0.25, 0.3) is 5.91 Å². The fourth-order valence-electron chi connectivity index (χ4n) is 2.39. The summed E-state index contributed by atoms with van der Waals surface area (Å²) in [7, 11) is 0. The minimum absolute atomic E-state index is 0.0571. The first kappa shape index (κ1) is 15.1. The maximum Gasteiger partial charge on any atom is 0.272 e. The second kappa shape index (κ2) is 6.43. The number of nitrogen functional groups attached to an aromatic ring is 1. The molecular weight excluding hydrogens is 264 g/mol. The molecule has 21 heavy (non-hydrogen) atoms. The summed E-state index contributed by atoms with van der Waals surface area (Å²) in [6, 6.07) is 9.89. The molecule has 0 aliphatic carbocycles. The van der Waals surface area contributed by atoms with Crippen LogP contribution in [-0.4, -0.2) is 15.7 Å². The van der Waals surface area contributed by atoms with E-state index in [9.17, 15) is 4.79 Å². The number of nitrogens with two attached hydrogens (primary N) is 1. The van der Waals surface area contributed by atoms with Crippen LogP contribution in [0.2, 0.25) is 0 Å². The summed E-state index contributed by atoms with van der Waals surface area (Å²) in [5.41, 5.74) is 7.79. The van der Waals surface area contributed by atoms with Crippen molar-refractivity contribution in [2.45, 2.75) is 33.4 Å². The van der Waals surface area contributed by atoms with Gasteiger partial charge < -0.3 is 11.1 Å². The number of amides is 1. The predicted octanol–water partition coefficient (Wildman–Crippen LogP) is 2.61. The topological polar surface area (TPSA) is 72.9 Å². The Morgan fingerprint density at radius 1 is 1.33 bits per heavy atom. The third kappa shape index (κ3) is 3.24. The number of rotatable bonds is 5. The summed E-state index contributed by atoms with van der Waals surface area (Å²) in [5, 5.41) is 7.18. The van der Waals surface area contributed by atoms with Gasteiger partial charge in [-0.15, -0.1) is 0 Å². The van der Waals surface area contributed by atoms with Crippen molar-refractivity contribution in [3.05, 3.63) is 47.8 Å². The molecule has 1 aromatic carbocycles. The summed E-state index contributed by atoms with van der Waals surface area (Å²) in [4.78, 5) is 12.5. The molecule has 0 spiro atoms.